The molecule has 0 aliphatic carbocycles. The third kappa shape index (κ3) is 4.41. The van der Waals surface area contributed by atoms with E-state index in [1.807, 2.05) is 31.2 Å². The molecule has 9 nitrogen and oxygen atoms in total. The Balaban J connectivity index is 1.61. The lowest BCUT2D eigenvalue weighted by Crippen LogP contribution is -2.39. The van der Waals surface area contributed by atoms with Crippen molar-refractivity contribution in [1.82, 2.24) is 29.4 Å². The second-order valence-electron chi connectivity index (χ2n) is 6.17. The van der Waals surface area contributed by atoms with Crippen LogP contribution in [0.5, 0.6) is 0 Å². The largest absolute Gasteiger partial charge is 0.348 e. The average molecular weight is 400 g/mol. The van der Waals surface area contributed by atoms with Gasteiger partial charge in [0.25, 0.3) is 0 Å². The van der Waals surface area contributed by atoms with Crippen LogP contribution in [0.1, 0.15) is 18.5 Å². The van der Waals surface area contributed by atoms with Crippen molar-refractivity contribution >= 4 is 15.9 Å². The molecule has 1 amide bonds. The van der Waals surface area contributed by atoms with E-state index in [1.54, 1.807) is 11.0 Å². The van der Waals surface area contributed by atoms with Gasteiger partial charge in [-0.25, -0.2) is 18.1 Å². The van der Waals surface area contributed by atoms with E-state index in [2.05, 4.69) is 20.4 Å². The van der Waals surface area contributed by atoms with Gasteiger partial charge in [0.1, 0.15) is 17.6 Å². The Morgan fingerprint density at radius 3 is 2.57 bits per heavy atom. The van der Waals surface area contributed by atoms with Crippen LogP contribution in [-0.4, -0.2) is 52.0 Å². The summed E-state index contributed by atoms with van der Waals surface area (Å²) in [5.74, 6) is -0.400. The number of nitrogens with zero attached hydrogens (tertiary/aromatic N) is 5. The summed E-state index contributed by atoms with van der Waals surface area (Å²) in [5, 5.41) is 6.87. The Hall–Kier alpha value is -3.11. The Labute approximate surface area is 163 Å². The van der Waals surface area contributed by atoms with Crippen molar-refractivity contribution in [1.29, 1.82) is 0 Å². The van der Waals surface area contributed by atoms with Gasteiger partial charge in [0.15, 0.2) is 0 Å². The fraction of sp³-hybridized carbons (Fsp3) is 0.222. The molecule has 1 aromatic carbocycles. The Morgan fingerprint density at radius 1 is 1.21 bits per heavy atom. The Morgan fingerprint density at radius 2 is 1.96 bits per heavy atom. The molecule has 2 aromatic heterocycles. The molecular formula is C18H20N6O3S. The molecule has 1 atom stereocenters. The lowest BCUT2D eigenvalue weighted by molar-refractivity contribution is -0.121. The SMILES string of the molecule is CC(NC(=O)CN(C)S(=O)(=O)c1cccnc1)c1ccc(-n2cncn2)cc1. The lowest BCUT2D eigenvalue weighted by atomic mass is 10.1. The van der Waals surface area contributed by atoms with Crippen LogP contribution >= 0.6 is 0 Å². The van der Waals surface area contributed by atoms with Crippen LogP contribution in [0.15, 0.2) is 66.3 Å². The van der Waals surface area contributed by atoms with Gasteiger partial charge in [0.2, 0.25) is 15.9 Å². The quantitative estimate of drug-likeness (QED) is 0.637. The molecule has 10 heteroatoms. The first-order valence-electron chi connectivity index (χ1n) is 8.48. The van der Waals surface area contributed by atoms with Gasteiger partial charge >= 0.3 is 0 Å². The van der Waals surface area contributed by atoms with Crippen LogP contribution in [0.3, 0.4) is 0 Å². The van der Waals surface area contributed by atoms with Gasteiger partial charge in [-0.1, -0.05) is 12.1 Å². The molecule has 0 radical (unpaired) electrons. The zero-order valence-corrected chi connectivity index (χ0v) is 16.2. The maximum absolute atomic E-state index is 12.5. The van der Waals surface area contributed by atoms with E-state index in [1.165, 1.54) is 37.9 Å². The van der Waals surface area contributed by atoms with E-state index in [0.717, 1.165) is 15.6 Å². The van der Waals surface area contributed by atoms with Gasteiger partial charge < -0.3 is 5.32 Å². The second kappa shape index (κ2) is 8.28. The predicted octanol–water partition coefficient (Wildman–Crippen LogP) is 1.16. The minimum atomic E-state index is -3.77. The lowest BCUT2D eigenvalue weighted by Gasteiger charge is -2.19. The number of nitrogens with one attached hydrogen (secondary N) is 1. The molecule has 0 bridgehead atoms. The number of hydrogen-bond donors (Lipinski definition) is 1. The Bertz CT molecular complexity index is 1020. The van der Waals surface area contributed by atoms with Crippen LogP contribution in [0.4, 0.5) is 0 Å². The monoisotopic (exact) mass is 400 g/mol. The topological polar surface area (TPSA) is 110 Å². The maximum atomic E-state index is 12.5. The van der Waals surface area contributed by atoms with Crippen molar-refractivity contribution in [3.05, 3.63) is 67.0 Å². The third-order valence-corrected chi connectivity index (χ3v) is 5.95. The standard InChI is InChI=1S/C18H20N6O3S/c1-14(15-5-7-16(8-6-15)24-13-20-12-21-24)22-18(25)11-23(2)28(26,27)17-4-3-9-19-10-17/h3-10,12-14H,11H2,1-2H3,(H,22,25). The molecule has 146 valence electrons. The number of carbonyl (C=O) groups is 1. The summed E-state index contributed by atoms with van der Waals surface area (Å²) in [5.41, 5.74) is 1.73. The highest BCUT2D eigenvalue weighted by molar-refractivity contribution is 7.89. The molecule has 3 rings (SSSR count). The average Bonchev–Trinajstić information content (AvgIpc) is 3.23. The molecule has 28 heavy (non-hydrogen) atoms. The molecule has 0 fully saturated rings. The first kappa shape index (κ1) is 19.6. The first-order valence-corrected chi connectivity index (χ1v) is 9.92. The maximum Gasteiger partial charge on any atom is 0.244 e. The highest BCUT2D eigenvalue weighted by Crippen LogP contribution is 2.16. The highest BCUT2D eigenvalue weighted by atomic mass is 32.2. The number of carbonyl (C=O) groups excluding carboxylic acids is 1. The van der Waals surface area contributed by atoms with Crippen molar-refractivity contribution < 1.29 is 13.2 Å². The summed E-state index contributed by atoms with van der Waals surface area (Å²) in [7, 11) is -2.41. The molecule has 3 aromatic rings. The van der Waals surface area contributed by atoms with Crippen LogP contribution in [0, 0.1) is 0 Å². The zero-order valence-electron chi connectivity index (χ0n) is 15.4. The van der Waals surface area contributed by atoms with Gasteiger partial charge in [-0.3, -0.25) is 9.78 Å². The van der Waals surface area contributed by atoms with Gasteiger partial charge in [-0.15, -0.1) is 0 Å². The zero-order chi connectivity index (χ0) is 20.1. The number of rotatable bonds is 7. The van der Waals surface area contributed by atoms with Crippen molar-refractivity contribution in [3.63, 3.8) is 0 Å². The van der Waals surface area contributed by atoms with Crippen LogP contribution < -0.4 is 5.32 Å². The fourth-order valence-electron chi connectivity index (χ4n) is 2.59. The molecule has 2 heterocycles. The van der Waals surface area contributed by atoms with E-state index >= 15 is 0 Å². The summed E-state index contributed by atoms with van der Waals surface area (Å²) in [6, 6.07) is 10.2. The number of sulfonamides is 1. The predicted molar refractivity (Wildman–Crippen MR) is 102 cm³/mol. The van der Waals surface area contributed by atoms with E-state index in [9.17, 15) is 13.2 Å². The second-order valence-corrected chi connectivity index (χ2v) is 8.22. The summed E-state index contributed by atoms with van der Waals surface area (Å²) in [4.78, 5) is 20.1. The number of likely N-dealkylation sites (N-methyl/N-ethyl adjacent to an activating group) is 1. The van der Waals surface area contributed by atoms with Crippen molar-refractivity contribution in [3.8, 4) is 5.69 Å². The van der Waals surface area contributed by atoms with Crippen molar-refractivity contribution in [2.45, 2.75) is 17.9 Å². The molecule has 0 spiro atoms. The fourth-order valence-corrected chi connectivity index (χ4v) is 3.69. The number of aromatic nitrogens is 4. The summed E-state index contributed by atoms with van der Waals surface area (Å²) >= 11 is 0. The van der Waals surface area contributed by atoms with Gasteiger partial charge in [-0.2, -0.15) is 9.40 Å². The molecule has 0 aliphatic rings. The third-order valence-electron chi connectivity index (χ3n) is 4.16. The van der Waals surface area contributed by atoms with Crippen LogP contribution in [-0.2, 0) is 14.8 Å². The van der Waals surface area contributed by atoms with Gasteiger partial charge in [-0.05, 0) is 36.8 Å². The number of pyridine rings is 1. The van der Waals surface area contributed by atoms with Gasteiger partial charge in [0, 0.05) is 19.4 Å². The van der Waals surface area contributed by atoms with Crippen LogP contribution in [0.2, 0.25) is 0 Å². The summed E-state index contributed by atoms with van der Waals surface area (Å²) < 4.78 is 27.6. The van der Waals surface area contributed by atoms with E-state index < -0.39 is 15.9 Å². The van der Waals surface area contributed by atoms with E-state index in [4.69, 9.17) is 0 Å². The van der Waals surface area contributed by atoms with E-state index in [-0.39, 0.29) is 17.5 Å². The minimum absolute atomic E-state index is 0.0436. The first-order chi connectivity index (χ1) is 13.4. The van der Waals surface area contributed by atoms with Crippen LogP contribution in [0.25, 0.3) is 5.69 Å². The molecule has 0 saturated heterocycles. The van der Waals surface area contributed by atoms with Crippen molar-refractivity contribution in [2.24, 2.45) is 0 Å². The molecule has 0 saturated carbocycles. The molecule has 0 aliphatic heterocycles. The highest BCUT2D eigenvalue weighted by Gasteiger charge is 2.23. The van der Waals surface area contributed by atoms with Crippen molar-refractivity contribution in [2.75, 3.05) is 13.6 Å². The number of hydrogen-bond acceptors (Lipinski definition) is 6. The summed E-state index contributed by atoms with van der Waals surface area (Å²) in [6.07, 6.45) is 5.79. The Kier molecular flexibility index (Phi) is 5.81. The molecular weight excluding hydrogens is 380 g/mol. The van der Waals surface area contributed by atoms with E-state index in [0.29, 0.717) is 0 Å². The smallest absolute Gasteiger partial charge is 0.244 e. The normalized spacial score (nSPS) is 12.7. The molecule has 1 N–H and O–H groups in total. The van der Waals surface area contributed by atoms with Gasteiger partial charge in [0.05, 0.1) is 18.3 Å². The molecule has 1 unspecified atom stereocenters. The summed E-state index contributed by atoms with van der Waals surface area (Å²) in [6.45, 7) is 1.54. The number of amides is 1. The number of benzene rings is 1. The minimum Gasteiger partial charge on any atom is -0.348 e.